The van der Waals surface area contributed by atoms with E-state index in [0.29, 0.717) is 12.8 Å². The van der Waals surface area contributed by atoms with E-state index in [1.165, 1.54) is 193 Å². The lowest BCUT2D eigenvalue weighted by molar-refractivity contribution is -0.132. The second-order valence-electron chi connectivity index (χ2n) is 17.2. The number of hydrogen-bond acceptors (Lipinski definition) is 5. The molecule has 0 aromatic rings. The molecule has 1 amide bonds. The zero-order valence-corrected chi connectivity index (χ0v) is 36.9. The molecule has 0 fully saturated rings. The zero-order valence-electron chi connectivity index (χ0n) is 36.9. The van der Waals surface area contributed by atoms with E-state index in [1.807, 2.05) is 0 Å². The van der Waals surface area contributed by atoms with Gasteiger partial charge in [-0.15, -0.1) is 0 Å². The standard InChI is InChI=1S/C49H97NO5/c1-3-5-7-9-11-13-15-17-19-21-22-23-24-25-26-27-29-30-32-34-36-38-40-42-46(52)48(54)45(44-51)50-49(55)47(53)43-41-39-37-35-33-31-28-20-18-16-14-12-10-8-6-4-2/h18,20,45-48,51-54H,3-17,19,21-44H2,1-2H3,(H,50,55)/b20-18-. The molecule has 0 rings (SSSR count). The summed E-state index contributed by atoms with van der Waals surface area (Å²) in [6, 6.07) is -0.985. The van der Waals surface area contributed by atoms with Crippen molar-refractivity contribution in [2.45, 2.75) is 289 Å². The van der Waals surface area contributed by atoms with Crippen LogP contribution in [0.25, 0.3) is 0 Å². The molecule has 0 aromatic carbocycles. The molecule has 55 heavy (non-hydrogen) atoms. The first-order valence-corrected chi connectivity index (χ1v) is 24.6. The van der Waals surface area contributed by atoms with E-state index >= 15 is 0 Å². The fraction of sp³-hybridized carbons (Fsp3) is 0.939. The van der Waals surface area contributed by atoms with E-state index in [0.717, 1.165) is 44.9 Å². The molecule has 0 aliphatic rings. The number of unbranched alkanes of at least 4 members (excludes halogenated alkanes) is 34. The van der Waals surface area contributed by atoms with Crippen molar-refractivity contribution in [3.8, 4) is 0 Å². The predicted molar refractivity (Wildman–Crippen MR) is 238 cm³/mol. The van der Waals surface area contributed by atoms with Crippen molar-refractivity contribution in [2.24, 2.45) is 0 Å². The Bertz CT molecular complexity index is 791. The average molecular weight is 780 g/mol. The lowest BCUT2D eigenvalue weighted by Gasteiger charge is -2.27. The van der Waals surface area contributed by atoms with Crippen LogP contribution in [0.2, 0.25) is 0 Å². The highest BCUT2D eigenvalue weighted by molar-refractivity contribution is 5.80. The first-order chi connectivity index (χ1) is 27.0. The molecule has 4 unspecified atom stereocenters. The zero-order chi connectivity index (χ0) is 40.3. The maximum Gasteiger partial charge on any atom is 0.249 e. The SMILES string of the molecule is CCCCCCCC/C=C\CCCCCCCCC(O)C(=O)NC(CO)C(O)C(O)CCCCCCCCCCCCCCCCCCCCCCCCC. The highest BCUT2D eigenvalue weighted by atomic mass is 16.3. The van der Waals surface area contributed by atoms with Gasteiger partial charge in [-0.2, -0.15) is 0 Å². The Hall–Kier alpha value is -0.950. The number of nitrogens with one attached hydrogen (secondary N) is 1. The van der Waals surface area contributed by atoms with Crippen LogP contribution in [0.3, 0.4) is 0 Å². The van der Waals surface area contributed by atoms with Crippen LogP contribution in [0.5, 0.6) is 0 Å². The van der Waals surface area contributed by atoms with Crippen LogP contribution < -0.4 is 5.32 Å². The summed E-state index contributed by atoms with van der Waals surface area (Å²) in [5, 5.41) is 43.8. The van der Waals surface area contributed by atoms with Gasteiger partial charge in [-0.1, -0.05) is 238 Å². The third-order valence-corrected chi connectivity index (χ3v) is 11.7. The minimum Gasteiger partial charge on any atom is -0.394 e. The number of carbonyl (C=O) groups is 1. The predicted octanol–water partition coefficient (Wildman–Crippen LogP) is 13.4. The topological polar surface area (TPSA) is 110 Å². The Labute approximate surface area is 342 Å². The van der Waals surface area contributed by atoms with Crippen LogP contribution in [-0.2, 0) is 4.79 Å². The molecule has 0 bridgehead atoms. The Kier molecular flexibility index (Phi) is 43.4. The van der Waals surface area contributed by atoms with Crippen molar-refractivity contribution in [1.82, 2.24) is 5.32 Å². The van der Waals surface area contributed by atoms with Crippen molar-refractivity contribution in [2.75, 3.05) is 6.61 Å². The van der Waals surface area contributed by atoms with Crippen LogP contribution in [-0.4, -0.2) is 57.3 Å². The van der Waals surface area contributed by atoms with Crippen LogP contribution in [0.1, 0.15) is 264 Å². The van der Waals surface area contributed by atoms with Gasteiger partial charge in [0.2, 0.25) is 5.91 Å². The molecule has 6 heteroatoms. The monoisotopic (exact) mass is 780 g/mol. The van der Waals surface area contributed by atoms with Crippen molar-refractivity contribution in [3.05, 3.63) is 12.2 Å². The van der Waals surface area contributed by atoms with E-state index in [9.17, 15) is 25.2 Å². The Balaban J connectivity index is 3.66. The fourth-order valence-corrected chi connectivity index (χ4v) is 7.81. The molecule has 0 spiro atoms. The van der Waals surface area contributed by atoms with Crippen LogP contribution >= 0.6 is 0 Å². The second-order valence-corrected chi connectivity index (χ2v) is 17.2. The lowest BCUT2D eigenvalue weighted by Crippen LogP contribution is -2.53. The quantitative estimate of drug-likeness (QED) is 0.0312. The minimum atomic E-state index is -1.26. The van der Waals surface area contributed by atoms with Gasteiger partial charge in [-0.3, -0.25) is 4.79 Å². The summed E-state index contributed by atoms with van der Waals surface area (Å²) in [5.74, 6) is -0.586. The van der Waals surface area contributed by atoms with Crippen LogP contribution in [0.4, 0.5) is 0 Å². The van der Waals surface area contributed by atoms with Crippen molar-refractivity contribution < 1.29 is 25.2 Å². The molecule has 0 radical (unpaired) electrons. The van der Waals surface area contributed by atoms with Gasteiger partial charge in [0, 0.05) is 0 Å². The molecule has 4 atom stereocenters. The second kappa shape index (κ2) is 44.2. The van der Waals surface area contributed by atoms with Gasteiger partial charge in [0.15, 0.2) is 0 Å². The number of carbonyl (C=O) groups excluding carboxylic acids is 1. The lowest BCUT2D eigenvalue weighted by atomic mass is 9.99. The first-order valence-electron chi connectivity index (χ1n) is 24.6. The summed E-state index contributed by atoms with van der Waals surface area (Å²) in [4.78, 5) is 12.5. The number of aliphatic hydroxyl groups is 4. The highest BCUT2D eigenvalue weighted by Gasteiger charge is 2.28. The Morgan fingerprint density at radius 2 is 0.727 bits per heavy atom. The number of aliphatic hydroxyl groups excluding tert-OH is 4. The van der Waals surface area contributed by atoms with Gasteiger partial charge in [-0.05, 0) is 38.5 Å². The van der Waals surface area contributed by atoms with Crippen molar-refractivity contribution >= 4 is 5.91 Å². The summed E-state index contributed by atoms with van der Waals surface area (Å²) in [7, 11) is 0. The van der Waals surface area contributed by atoms with Crippen LogP contribution in [0, 0.1) is 0 Å². The van der Waals surface area contributed by atoms with Gasteiger partial charge in [0.05, 0.1) is 18.8 Å². The molecule has 0 aromatic heterocycles. The summed E-state index contributed by atoms with van der Waals surface area (Å²) < 4.78 is 0. The first kappa shape index (κ1) is 54.0. The van der Waals surface area contributed by atoms with Gasteiger partial charge >= 0.3 is 0 Å². The average Bonchev–Trinajstić information content (AvgIpc) is 3.19. The molecule has 6 nitrogen and oxygen atoms in total. The Morgan fingerprint density at radius 1 is 0.436 bits per heavy atom. The van der Waals surface area contributed by atoms with E-state index in [1.54, 1.807) is 0 Å². The summed E-state index contributed by atoms with van der Waals surface area (Å²) >= 11 is 0. The number of amides is 1. The van der Waals surface area contributed by atoms with E-state index in [-0.39, 0.29) is 0 Å². The molecule has 0 aliphatic carbocycles. The van der Waals surface area contributed by atoms with Gasteiger partial charge < -0.3 is 25.7 Å². The third kappa shape index (κ3) is 38.3. The molecule has 0 saturated heterocycles. The van der Waals surface area contributed by atoms with E-state index in [2.05, 4.69) is 31.3 Å². The molecule has 0 heterocycles. The maximum absolute atomic E-state index is 12.5. The molecule has 328 valence electrons. The minimum absolute atomic E-state index is 0.364. The Morgan fingerprint density at radius 3 is 1.05 bits per heavy atom. The number of allylic oxidation sites excluding steroid dienone is 2. The van der Waals surface area contributed by atoms with Gasteiger partial charge in [-0.25, -0.2) is 0 Å². The van der Waals surface area contributed by atoms with Crippen molar-refractivity contribution in [1.29, 1.82) is 0 Å². The van der Waals surface area contributed by atoms with Crippen LogP contribution in [0.15, 0.2) is 12.2 Å². The van der Waals surface area contributed by atoms with Crippen molar-refractivity contribution in [3.63, 3.8) is 0 Å². The number of hydrogen-bond donors (Lipinski definition) is 5. The van der Waals surface area contributed by atoms with Gasteiger partial charge in [0.25, 0.3) is 0 Å². The summed E-state index contributed by atoms with van der Waals surface area (Å²) in [5.41, 5.74) is 0. The summed E-state index contributed by atoms with van der Waals surface area (Å²) in [6.45, 7) is 4.06. The van der Waals surface area contributed by atoms with Gasteiger partial charge in [0.1, 0.15) is 12.2 Å². The molecular weight excluding hydrogens is 683 g/mol. The fourth-order valence-electron chi connectivity index (χ4n) is 7.81. The largest absolute Gasteiger partial charge is 0.394 e. The smallest absolute Gasteiger partial charge is 0.249 e. The van der Waals surface area contributed by atoms with E-state index in [4.69, 9.17) is 0 Å². The maximum atomic E-state index is 12.5. The summed E-state index contributed by atoms with van der Waals surface area (Å²) in [6.07, 6.45) is 49.7. The molecule has 0 saturated carbocycles. The number of rotatable bonds is 45. The molecule has 0 aliphatic heterocycles. The molecule has 5 N–H and O–H groups in total. The third-order valence-electron chi connectivity index (χ3n) is 11.7. The normalized spacial score (nSPS) is 14.1. The van der Waals surface area contributed by atoms with E-state index < -0.39 is 36.9 Å². The highest BCUT2D eigenvalue weighted by Crippen LogP contribution is 2.17. The molecular formula is C49H97NO5.